The Hall–Kier alpha value is -1.65. The number of benzene rings is 2. The molecule has 4 heteroatoms. The molecule has 2 rings (SSSR count). The van der Waals surface area contributed by atoms with Crippen molar-refractivity contribution in [2.75, 3.05) is 5.32 Å². The van der Waals surface area contributed by atoms with Gasteiger partial charge in [0.1, 0.15) is 0 Å². The first kappa shape index (κ1) is 13.8. The average Bonchev–Trinajstić information content (AvgIpc) is 2.38. The summed E-state index contributed by atoms with van der Waals surface area (Å²) >= 11 is 3.37. The highest BCUT2D eigenvalue weighted by Crippen LogP contribution is 2.19. The highest BCUT2D eigenvalue weighted by Gasteiger charge is 2.09. The molecular formula is C15H14BrNO2. The van der Waals surface area contributed by atoms with Crippen molar-refractivity contribution in [2.45, 2.75) is 13.5 Å². The first-order valence-corrected chi connectivity index (χ1v) is 6.67. The molecule has 19 heavy (non-hydrogen) atoms. The summed E-state index contributed by atoms with van der Waals surface area (Å²) in [6.07, 6.45) is 0. The van der Waals surface area contributed by atoms with Gasteiger partial charge < -0.3 is 10.4 Å². The van der Waals surface area contributed by atoms with Gasteiger partial charge in [0.25, 0.3) is 5.91 Å². The predicted molar refractivity (Wildman–Crippen MR) is 79.2 cm³/mol. The minimum Gasteiger partial charge on any atom is -0.392 e. The quantitative estimate of drug-likeness (QED) is 0.909. The fourth-order valence-electron chi connectivity index (χ4n) is 1.84. The second-order valence-corrected chi connectivity index (χ2v) is 5.20. The number of hydrogen-bond acceptors (Lipinski definition) is 2. The Kier molecular flexibility index (Phi) is 4.35. The predicted octanol–water partition coefficient (Wildman–Crippen LogP) is 3.50. The summed E-state index contributed by atoms with van der Waals surface area (Å²) in [5, 5.41) is 12.0. The molecule has 1 amide bonds. The number of carbonyl (C=O) groups is 1. The number of rotatable bonds is 3. The van der Waals surface area contributed by atoms with Gasteiger partial charge in [-0.2, -0.15) is 0 Å². The van der Waals surface area contributed by atoms with Crippen LogP contribution in [-0.2, 0) is 6.61 Å². The molecule has 0 aliphatic carbocycles. The van der Waals surface area contributed by atoms with Gasteiger partial charge in [-0.05, 0) is 36.8 Å². The zero-order valence-electron chi connectivity index (χ0n) is 10.5. The van der Waals surface area contributed by atoms with Gasteiger partial charge in [0.2, 0.25) is 0 Å². The second kappa shape index (κ2) is 5.99. The number of anilines is 1. The highest BCUT2D eigenvalue weighted by molar-refractivity contribution is 9.10. The Morgan fingerprint density at radius 3 is 2.68 bits per heavy atom. The summed E-state index contributed by atoms with van der Waals surface area (Å²) in [7, 11) is 0. The van der Waals surface area contributed by atoms with Crippen molar-refractivity contribution in [3.8, 4) is 0 Å². The normalized spacial score (nSPS) is 10.3. The third-order valence-corrected chi connectivity index (χ3v) is 3.20. The molecule has 2 aromatic rings. The molecule has 2 N–H and O–H groups in total. The van der Waals surface area contributed by atoms with E-state index in [-0.39, 0.29) is 12.5 Å². The van der Waals surface area contributed by atoms with Crippen LogP contribution >= 0.6 is 15.9 Å². The van der Waals surface area contributed by atoms with Gasteiger partial charge >= 0.3 is 0 Å². The zero-order valence-corrected chi connectivity index (χ0v) is 12.1. The van der Waals surface area contributed by atoms with E-state index in [1.807, 2.05) is 31.2 Å². The highest BCUT2D eigenvalue weighted by atomic mass is 79.9. The molecule has 0 unspecified atom stereocenters. The topological polar surface area (TPSA) is 49.3 Å². The first-order chi connectivity index (χ1) is 9.10. The SMILES string of the molecule is Cc1cc(Br)cc(C(=O)Nc2ccccc2CO)c1. The van der Waals surface area contributed by atoms with E-state index >= 15 is 0 Å². The molecule has 98 valence electrons. The Bertz CT molecular complexity index is 591. The minimum atomic E-state index is -0.190. The number of para-hydroxylation sites is 1. The van der Waals surface area contributed by atoms with Gasteiger partial charge in [-0.15, -0.1) is 0 Å². The van der Waals surface area contributed by atoms with Crippen LogP contribution < -0.4 is 5.32 Å². The first-order valence-electron chi connectivity index (χ1n) is 5.87. The summed E-state index contributed by atoms with van der Waals surface area (Å²) in [6.45, 7) is 1.83. The van der Waals surface area contributed by atoms with Crippen LogP contribution in [0.3, 0.4) is 0 Å². The van der Waals surface area contributed by atoms with E-state index in [4.69, 9.17) is 0 Å². The summed E-state index contributed by atoms with van der Waals surface area (Å²) in [5.41, 5.74) is 2.92. The lowest BCUT2D eigenvalue weighted by atomic mass is 10.1. The van der Waals surface area contributed by atoms with E-state index in [0.29, 0.717) is 16.8 Å². The number of nitrogens with one attached hydrogen (secondary N) is 1. The number of carbonyl (C=O) groups excluding carboxylic acids is 1. The third kappa shape index (κ3) is 3.43. The summed E-state index contributed by atoms with van der Waals surface area (Å²) in [4.78, 5) is 12.2. The van der Waals surface area contributed by atoms with Crippen LogP contribution in [0.1, 0.15) is 21.5 Å². The molecule has 0 atom stereocenters. The van der Waals surface area contributed by atoms with Crippen LogP contribution in [0.15, 0.2) is 46.9 Å². The van der Waals surface area contributed by atoms with E-state index in [9.17, 15) is 9.90 Å². The van der Waals surface area contributed by atoms with Crippen LogP contribution in [-0.4, -0.2) is 11.0 Å². The van der Waals surface area contributed by atoms with Gasteiger partial charge in [0.05, 0.1) is 6.61 Å². The molecule has 3 nitrogen and oxygen atoms in total. The number of aliphatic hydroxyl groups excluding tert-OH is 1. The van der Waals surface area contributed by atoms with Crippen molar-refractivity contribution in [3.05, 3.63) is 63.6 Å². The lowest BCUT2D eigenvalue weighted by Crippen LogP contribution is -2.13. The number of aliphatic hydroxyl groups is 1. The fraction of sp³-hybridized carbons (Fsp3) is 0.133. The molecule has 0 fully saturated rings. The molecule has 0 aliphatic heterocycles. The molecule has 2 aromatic carbocycles. The van der Waals surface area contributed by atoms with Gasteiger partial charge in [-0.25, -0.2) is 0 Å². The molecule has 0 saturated heterocycles. The largest absolute Gasteiger partial charge is 0.392 e. The number of amides is 1. The smallest absolute Gasteiger partial charge is 0.255 e. The maximum atomic E-state index is 12.2. The van der Waals surface area contributed by atoms with Crippen molar-refractivity contribution >= 4 is 27.5 Å². The van der Waals surface area contributed by atoms with E-state index in [1.165, 1.54) is 0 Å². The van der Waals surface area contributed by atoms with Crippen molar-refractivity contribution in [3.63, 3.8) is 0 Å². The van der Waals surface area contributed by atoms with E-state index in [0.717, 1.165) is 10.0 Å². The van der Waals surface area contributed by atoms with Gasteiger partial charge in [0, 0.05) is 21.3 Å². The standard InChI is InChI=1S/C15H14BrNO2/c1-10-6-12(8-13(16)7-10)15(19)17-14-5-3-2-4-11(14)9-18/h2-8,18H,9H2,1H3,(H,17,19). The molecule has 0 aliphatic rings. The van der Waals surface area contributed by atoms with Gasteiger partial charge in [-0.3, -0.25) is 4.79 Å². The number of aryl methyl sites for hydroxylation is 1. The van der Waals surface area contributed by atoms with Crippen LogP contribution in [0.2, 0.25) is 0 Å². The number of halogens is 1. The Morgan fingerprint density at radius 1 is 1.26 bits per heavy atom. The molecule has 0 spiro atoms. The number of hydrogen-bond donors (Lipinski definition) is 2. The molecule has 0 saturated carbocycles. The van der Waals surface area contributed by atoms with Gasteiger partial charge in [-0.1, -0.05) is 34.1 Å². The molecule has 0 bridgehead atoms. The van der Waals surface area contributed by atoms with Crippen molar-refractivity contribution < 1.29 is 9.90 Å². The summed E-state index contributed by atoms with van der Waals surface area (Å²) in [6, 6.07) is 12.7. The van der Waals surface area contributed by atoms with Crippen LogP contribution in [0.5, 0.6) is 0 Å². The molecule has 0 aromatic heterocycles. The Morgan fingerprint density at radius 2 is 2.00 bits per heavy atom. The molecule has 0 heterocycles. The van der Waals surface area contributed by atoms with Crippen molar-refractivity contribution in [1.29, 1.82) is 0 Å². The zero-order chi connectivity index (χ0) is 13.8. The van der Waals surface area contributed by atoms with Gasteiger partial charge in [0.15, 0.2) is 0 Å². The van der Waals surface area contributed by atoms with Crippen LogP contribution in [0.25, 0.3) is 0 Å². The van der Waals surface area contributed by atoms with E-state index in [1.54, 1.807) is 18.2 Å². The van der Waals surface area contributed by atoms with E-state index in [2.05, 4.69) is 21.2 Å². The third-order valence-electron chi connectivity index (χ3n) is 2.74. The van der Waals surface area contributed by atoms with Crippen molar-refractivity contribution in [1.82, 2.24) is 0 Å². The van der Waals surface area contributed by atoms with E-state index < -0.39 is 0 Å². The second-order valence-electron chi connectivity index (χ2n) is 4.29. The summed E-state index contributed by atoms with van der Waals surface area (Å²) < 4.78 is 0.869. The Labute approximate surface area is 120 Å². The lowest BCUT2D eigenvalue weighted by molar-refractivity contribution is 0.102. The molecular weight excluding hydrogens is 306 g/mol. The monoisotopic (exact) mass is 319 g/mol. The van der Waals surface area contributed by atoms with Crippen molar-refractivity contribution in [2.24, 2.45) is 0 Å². The fourth-order valence-corrected chi connectivity index (χ4v) is 2.45. The maximum Gasteiger partial charge on any atom is 0.255 e. The molecule has 0 radical (unpaired) electrons. The Balaban J connectivity index is 2.25. The maximum absolute atomic E-state index is 12.2. The van der Waals surface area contributed by atoms with Crippen LogP contribution in [0, 0.1) is 6.92 Å². The lowest BCUT2D eigenvalue weighted by Gasteiger charge is -2.10. The van der Waals surface area contributed by atoms with Crippen LogP contribution in [0.4, 0.5) is 5.69 Å². The average molecular weight is 320 g/mol. The minimum absolute atomic E-state index is 0.103. The summed E-state index contributed by atoms with van der Waals surface area (Å²) in [5.74, 6) is -0.190.